The zero-order valence-corrected chi connectivity index (χ0v) is 15.3. The van der Waals surface area contributed by atoms with E-state index in [4.69, 9.17) is 10.5 Å². The molecule has 1 aliphatic heterocycles. The minimum atomic E-state index is -0.550. The minimum absolute atomic E-state index is 0.0374. The van der Waals surface area contributed by atoms with Gasteiger partial charge in [-0.05, 0) is 69.2 Å². The standard InChI is InChI=1S/C17H28N6O3/c1-26-17(25)13-4-2-12(3-5-13)16-20-22-23(21-16)14(15(18)24)10-11-6-8-19-9-7-11/h11-14,19H,2-10H2,1H3,(H2,18,24). The molecule has 1 aromatic heterocycles. The van der Waals surface area contributed by atoms with Gasteiger partial charge in [-0.3, -0.25) is 9.59 Å². The number of esters is 1. The normalized spacial score (nSPS) is 25.6. The Morgan fingerprint density at radius 1 is 1.23 bits per heavy atom. The van der Waals surface area contributed by atoms with Crippen molar-refractivity contribution in [1.29, 1.82) is 0 Å². The number of nitrogens with two attached hydrogens (primary N) is 1. The summed E-state index contributed by atoms with van der Waals surface area (Å²) >= 11 is 0. The molecule has 2 heterocycles. The lowest BCUT2D eigenvalue weighted by molar-refractivity contribution is -0.146. The number of amides is 1. The van der Waals surface area contributed by atoms with E-state index in [9.17, 15) is 9.59 Å². The number of nitrogens with one attached hydrogen (secondary N) is 1. The van der Waals surface area contributed by atoms with E-state index in [0.717, 1.165) is 51.6 Å². The molecule has 1 amide bonds. The van der Waals surface area contributed by atoms with E-state index in [2.05, 4.69) is 20.7 Å². The molecule has 26 heavy (non-hydrogen) atoms. The number of nitrogens with zero attached hydrogens (tertiary/aromatic N) is 4. The summed E-state index contributed by atoms with van der Waals surface area (Å²) in [7, 11) is 1.42. The lowest BCUT2D eigenvalue weighted by Gasteiger charge is -2.25. The fourth-order valence-corrected chi connectivity index (χ4v) is 4.04. The van der Waals surface area contributed by atoms with Gasteiger partial charge in [0.15, 0.2) is 11.9 Å². The molecule has 3 rings (SSSR count). The first-order valence-electron chi connectivity index (χ1n) is 9.45. The predicted octanol–water partition coefficient (Wildman–Crippen LogP) is 0.536. The van der Waals surface area contributed by atoms with Gasteiger partial charge in [0, 0.05) is 5.92 Å². The van der Waals surface area contributed by atoms with Gasteiger partial charge < -0.3 is 15.8 Å². The van der Waals surface area contributed by atoms with Crippen LogP contribution >= 0.6 is 0 Å². The second-order valence-electron chi connectivity index (χ2n) is 7.39. The van der Waals surface area contributed by atoms with Crippen LogP contribution in [0.5, 0.6) is 0 Å². The molecule has 9 nitrogen and oxygen atoms in total. The van der Waals surface area contributed by atoms with Crippen molar-refractivity contribution in [2.24, 2.45) is 17.6 Å². The molecule has 0 spiro atoms. The molecule has 144 valence electrons. The lowest BCUT2D eigenvalue weighted by atomic mass is 9.82. The van der Waals surface area contributed by atoms with Crippen molar-refractivity contribution in [2.45, 2.75) is 56.9 Å². The van der Waals surface area contributed by atoms with Gasteiger partial charge in [0.05, 0.1) is 13.0 Å². The van der Waals surface area contributed by atoms with Gasteiger partial charge in [0.1, 0.15) is 0 Å². The smallest absolute Gasteiger partial charge is 0.308 e. The van der Waals surface area contributed by atoms with Crippen LogP contribution in [0.15, 0.2) is 0 Å². The molecule has 1 unspecified atom stereocenters. The Morgan fingerprint density at radius 3 is 2.54 bits per heavy atom. The van der Waals surface area contributed by atoms with Crippen molar-refractivity contribution in [1.82, 2.24) is 25.5 Å². The molecule has 9 heteroatoms. The molecule has 1 aromatic rings. The zero-order chi connectivity index (χ0) is 18.5. The predicted molar refractivity (Wildman–Crippen MR) is 93.0 cm³/mol. The summed E-state index contributed by atoms with van der Waals surface area (Å²) in [5, 5.41) is 16.1. The van der Waals surface area contributed by atoms with Crippen LogP contribution in [0, 0.1) is 11.8 Å². The number of tetrazole rings is 1. The monoisotopic (exact) mass is 364 g/mol. The van der Waals surface area contributed by atoms with E-state index in [1.807, 2.05) is 0 Å². The Balaban J connectivity index is 1.62. The summed E-state index contributed by atoms with van der Waals surface area (Å²) in [6, 6.07) is -0.550. The van der Waals surface area contributed by atoms with Gasteiger partial charge in [-0.15, -0.1) is 10.2 Å². The number of methoxy groups -OCH3 is 1. The topological polar surface area (TPSA) is 125 Å². The largest absolute Gasteiger partial charge is 0.469 e. The van der Waals surface area contributed by atoms with Crippen LogP contribution in [0.25, 0.3) is 0 Å². The Labute approximate surface area is 153 Å². The lowest BCUT2D eigenvalue weighted by Crippen LogP contribution is -2.34. The summed E-state index contributed by atoms with van der Waals surface area (Å²) in [6.07, 6.45) is 5.88. The maximum absolute atomic E-state index is 11.9. The van der Waals surface area contributed by atoms with Crippen LogP contribution in [0.1, 0.15) is 62.7 Å². The fourth-order valence-electron chi connectivity index (χ4n) is 4.04. The van der Waals surface area contributed by atoms with Crippen molar-refractivity contribution in [3.8, 4) is 0 Å². The van der Waals surface area contributed by atoms with E-state index in [1.54, 1.807) is 0 Å². The highest BCUT2D eigenvalue weighted by atomic mass is 16.5. The Bertz CT molecular complexity index is 620. The molecule has 1 atom stereocenters. The number of carbonyl (C=O) groups excluding carboxylic acids is 2. The first-order valence-corrected chi connectivity index (χ1v) is 9.45. The van der Waals surface area contributed by atoms with Crippen molar-refractivity contribution >= 4 is 11.9 Å². The summed E-state index contributed by atoms with van der Waals surface area (Å²) in [4.78, 5) is 25.0. The van der Waals surface area contributed by atoms with E-state index < -0.39 is 11.9 Å². The quantitative estimate of drug-likeness (QED) is 0.706. The van der Waals surface area contributed by atoms with Gasteiger partial charge in [0.25, 0.3) is 0 Å². The average molecular weight is 364 g/mol. The second kappa shape index (κ2) is 8.57. The molecule has 1 saturated carbocycles. The number of ether oxygens (including phenoxy) is 1. The number of hydrogen-bond acceptors (Lipinski definition) is 7. The van der Waals surface area contributed by atoms with Gasteiger partial charge in [-0.1, -0.05) is 0 Å². The molecular weight excluding hydrogens is 336 g/mol. The maximum Gasteiger partial charge on any atom is 0.308 e. The van der Waals surface area contributed by atoms with Crippen LogP contribution in [0.2, 0.25) is 0 Å². The molecule has 3 N–H and O–H groups in total. The van der Waals surface area contributed by atoms with E-state index in [-0.39, 0.29) is 17.8 Å². The number of aromatic nitrogens is 4. The fraction of sp³-hybridized carbons (Fsp3) is 0.824. The Hall–Kier alpha value is -2.03. The molecule has 1 saturated heterocycles. The second-order valence-corrected chi connectivity index (χ2v) is 7.39. The summed E-state index contributed by atoms with van der Waals surface area (Å²) in [5.74, 6) is 0.655. The third kappa shape index (κ3) is 4.38. The Kier molecular flexibility index (Phi) is 6.18. The van der Waals surface area contributed by atoms with Crippen molar-refractivity contribution < 1.29 is 14.3 Å². The zero-order valence-electron chi connectivity index (χ0n) is 15.3. The highest BCUT2D eigenvalue weighted by Crippen LogP contribution is 2.34. The first kappa shape index (κ1) is 18.8. The number of carbonyl (C=O) groups is 2. The van der Waals surface area contributed by atoms with Crippen LogP contribution in [0.4, 0.5) is 0 Å². The van der Waals surface area contributed by atoms with Crippen LogP contribution in [-0.2, 0) is 14.3 Å². The molecule has 0 aromatic carbocycles. The van der Waals surface area contributed by atoms with Gasteiger partial charge in [-0.2, -0.15) is 4.80 Å². The highest BCUT2D eigenvalue weighted by molar-refractivity contribution is 5.78. The SMILES string of the molecule is COC(=O)C1CCC(c2nnn(C(CC3CCNCC3)C(N)=O)n2)CC1. The van der Waals surface area contributed by atoms with Crippen molar-refractivity contribution in [3.05, 3.63) is 5.82 Å². The number of hydrogen-bond donors (Lipinski definition) is 2. The number of piperidine rings is 1. The first-order chi connectivity index (χ1) is 12.6. The number of rotatable bonds is 6. The summed E-state index contributed by atoms with van der Waals surface area (Å²) in [6.45, 7) is 1.94. The van der Waals surface area contributed by atoms with E-state index in [0.29, 0.717) is 18.2 Å². The molecule has 0 radical (unpaired) electrons. The third-order valence-corrected chi connectivity index (χ3v) is 5.69. The van der Waals surface area contributed by atoms with Crippen LogP contribution < -0.4 is 11.1 Å². The van der Waals surface area contributed by atoms with Gasteiger partial charge in [-0.25, -0.2) is 0 Å². The summed E-state index contributed by atoms with van der Waals surface area (Å²) < 4.78 is 4.82. The van der Waals surface area contributed by atoms with Crippen molar-refractivity contribution in [3.63, 3.8) is 0 Å². The van der Waals surface area contributed by atoms with Crippen LogP contribution in [0.3, 0.4) is 0 Å². The number of primary amides is 1. The molecule has 2 aliphatic rings. The van der Waals surface area contributed by atoms with Gasteiger partial charge >= 0.3 is 5.97 Å². The summed E-state index contributed by atoms with van der Waals surface area (Å²) in [5.41, 5.74) is 5.61. The van der Waals surface area contributed by atoms with Crippen LogP contribution in [-0.4, -0.2) is 52.3 Å². The van der Waals surface area contributed by atoms with Gasteiger partial charge in [0.2, 0.25) is 5.91 Å². The molecule has 2 fully saturated rings. The minimum Gasteiger partial charge on any atom is -0.469 e. The maximum atomic E-state index is 11.9. The van der Waals surface area contributed by atoms with E-state index in [1.165, 1.54) is 11.9 Å². The van der Waals surface area contributed by atoms with E-state index >= 15 is 0 Å². The highest BCUT2D eigenvalue weighted by Gasteiger charge is 2.31. The van der Waals surface area contributed by atoms with Crippen molar-refractivity contribution in [2.75, 3.05) is 20.2 Å². The molecule has 0 bridgehead atoms. The third-order valence-electron chi connectivity index (χ3n) is 5.69. The molecule has 1 aliphatic carbocycles. The average Bonchev–Trinajstić information content (AvgIpc) is 3.16. The molecular formula is C17H28N6O3. The Morgan fingerprint density at radius 2 is 1.92 bits per heavy atom.